The van der Waals surface area contributed by atoms with Gasteiger partial charge >= 0.3 is 6.03 Å². The summed E-state index contributed by atoms with van der Waals surface area (Å²) in [4.78, 5) is 15.2. The van der Waals surface area contributed by atoms with Crippen molar-refractivity contribution >= 4 is 23.3 Å². The molecular formula is C14H19ClFN3O. The molecule has 0 saturated carbocycles. The van der Waals surface area contributed by atoms with Crippen molar-refractivity contribution in [1.82, 2.24) is 9.80 Å². The van der Waals surface area contributed by atoms with Gasteiger partial charge < -0.3 is 15.1 Å². The van der Waals surface area contributed by atoms with Crippen LogP contribution in [0, 0.1) is 5.82 Å². The van der Waals surface area contributed by atoms with E-state index in [-0.39, 0.29) is 17.1 Å². The predicted octanol–water partition coefficient (Wildman–Crippen LogP) is 3.04. The highest BCUT2D eigenvalue weighted by molar-refractivity contribution is 6.31. The van der Waals surface area contributed by atoms with E-state index >= 15 is 0 Å². The molecule has 1 heterocycles. The summed E-state index contributed by atoms with van der Waals surface area (Å²) >= 11 is 5.76. The molecule has 1 aromatic carbocycles. The highest BCUT2D eigenvalue weighted by Crippen LogP contribution is 2.24. The van der Waals surface area contributed by atoms with Crippen LogP contribution in [0.5, 0.6) is 0 Å². The molecule has 0 radical (unpaired) electrons. The SMILES string of the molecule is CN(C)C(=O)N1CCC(Nc2cccc(Cl)c2F)CC1. The molecule has 1 aromatic rings. The molecule has 6 heteroatoms. The summed E-state index contributed by atoms with van der Waals surface area (Å²) in [5.41, 5.74) is 0.426. The smallest absolute Gasteiger partial charge is 0.319 e. The summed E-state index contributed by atoms with van der Waals surface area (Å²) in [6.07, 6.45) is 1.59. The van der Waals surface area contributed by atoms with E-state index in [9.17, 15) is 9.18 Å². The molecule has 0 bridgehead atoms. The van der Waals surface area contributed by atoms with Gasteiger partial charge in [0.1, 0.15) is 0 Å². The van der Waals surface area contributed by atoms with Gasteiger partial charge in [0.2, 0.25) is 0 Å². The number of likely N-dealkylation sites (tertiary alicyclic amines) is 1. The Labute approximate surface area is 123 Å². The number of anilines is 1. The van der Waals surface area contributed by atoms with Crippen LogP contribution >= 0.6 is 11.6 Å². The lowest BCUT2D eigenvalue weighted by atomic mass is 10.0. The zero-order chi connectivity index (χ0) is 14.7. The number of benzene rings is 1. The summed E-state index contributed by atoms with van der Waals surface area (Å²) in [6.45, 7) is 1.35. The highest BCUT2D eigenvalue weighted by Gasteiger charge is 2.24. The van der Waals surface area contributed by atoms with Crippen LogP contribution in [0.3, 0.4) is 0 Å². The number of amides is 2. The fraction of sp³-hybridized carbons (Fsp3) is 0.500. The Balaban J connectivity index is 1.92. The average molecular weight is 300 g/mol. The lowest BCUT2D eigenvalue weighted by Gasteiger charge is -2.34. The van der Waals surface area contributed by atoms with E-state index in [2.05, 4.69) is 5.32 Å². The van der Waals surface area contributed by atoms with Gasteiger partial charge in [-0.25, -0.2) is 9.18 Å². The van der Waals surface area contributed by atoms with Crippen molar-refractivity contribution in [2.45, 2.75) is 18.9 Å². The van der Waals surface area contributed by atoms with Gasteiger partial charge in [0.15, 0.2) is 5.82 Å². The molecule has 1 fully saturated rings. The molecule has 2 rings (SSSR count). The van der Waals surface area contributed by atoms with Crippen LogP contribution in [0.4, 0.5) is 14.9 Å². The van der Waals surface area contributed by atoms with Crippen LogP contribution in [0.2, 0.25) is 5.02 Å². The minimum atomic E-state index is -0.416. The van der Waals surface area contributed by atoms with Gasteiger partial charge in [0.05, 0.1) is 10.7 Å². The van der Waals surface area contributed by atoms with Gasteiger partial charge in [-0.1, -0.05) is 17.7 Å². The first-order valence-electron chi connectivity index (χ1n) is 6.66. The van der Waals surface area contributed by atoms with E-state index in [0.29, 0.717) is 18.8 Å². The van der Waals surface area contributed by atoms with Crippen molar-refractivity contribution in [2.75, 3.05) is 32.5 Å². The van der Waals surface area contributed by atoms with E-state index in [1.807, 2.05) is 4.90 Å². The third kappa shape index (κ3) is 3.33. The maximum Gasteiger partial charge on any atom is 0.319 e. The van der Waals surface area contributed by atoms with Crippen LogP contribution in [0.15, 0.2) is 18.2 Å². The monoisotopic (exact) mass is 299 g/mol. The largest absolute Gasteiger partial charge is 0.380 e. The van der Waals surface area contributed by atoms with Gasteiger partial charge in [0.25, 0.3) is 0 Å². The summed E-state index contributed by atoms with van der Waals surface area (Å²) < 4.78 is 13.8. The van der Waals surface area contributed by atoms with Crippen LogP contribution in [-0.4, -0.2) is 49.1 Å². The molecule has 0 aliphatic carbocycles. The van der Waals surface area contributed by atoms with Crippen LogP contribution in [-0.2, 0) is 0 Å². The number of piperidine rings is 1. The zero-order valence-electron chi connectivity index (χ0n) is 11.7. The standard InChI is InChI=1S/C14H19ClFN3O/c1-18(2)14(20)19-8-6-10(7-9-19)17-12-5-3-4-11(15)13(12)16/h3-5,10,17H,6-9H2,1-2H3. The molecule has 1 N–H and O–H groups in total. The summed E-state index contributed by atoms with van der Waals surface area (Å²) in [7, 11) is 3.49. The van der Waals surface area contributed by atoms with Crippen LogP contribution in [0.1, 0.15) is 12.8 Å². The number of urea groups is 1. The second-order valence-electron chi connectivity index (χ2n) is 5.18. The fourth-order valence-corrected chi connectivity index (χ4v) is 2.51. The summed E-state index contributed by atoms with van der Waals surface area (Å²) in [6, 6.07) is 5.11. The van der Waals surface area contributed by atoms with E-state index in [0.717, 1.165) is 12.8 Å². The Morgan fingerprint density at radius 3 is 2.65 bits per heavy atom. The number of hydrogen-bond donors (Lipinski definition) is 1. The van der Waals surface area contributed by atoms with Gasteiger partial charge in [-0.2, -0.15) is 0 Å². The second kappa shape index (κ2) is 6.31. The molecule has 0 unspecified atom stereocenters. The molecule has 2 amide bonds. The third-order valence-electron chi connectivity index (χ3n) is 3.46. The van der Waals surface area contributed by atoms with E-state index in [1.54, 1.807) is 31.1 Å². The van der Waals surface area contributed by atoms with E-state index in [1.165, 1.54) is 6.07 Å². The Bertz CT molecular complexity index is 487. The quantitative estimate of drug-likeness (QED) is 0.911. The Morgan fingerprint density at radius 1 is 1.40 bits per heavy atom. The molecule has 4 nitrogen and oxygen atoms in total. The molecule has 0 spiro atoms. The molecular weight excluding hydrogens is 281 g/mol. The number of carbonyl (C=O) groups excluding carboxylic acids is 1. The Kier molecular flexibility index (Phi) is 4.70. The maximum atomic E-state index is 13.8. The minimum absolute atomic E-state index is 0.0254. The number of nitrogens with one attached hydrogen (secondary N) is 1. The van der Waals surface area contributed by atoms with Gasteiger partial charge in [0, 0.05) is 33.2 Å². The normalized spacial score (nSPS) is 16.1. The average Bonchev–Trinajstić information content (AvgIpc) is 2.44. The van der Waals surface area contributed by atoms with Crippen molar-refractivity contribution in [1.29, 1.82) is 0 Å². The molecule has 1 saturated heterocycles. The zero-order valence-corrected chi connectivity index (χ0v) is 12.5. The van der Waals surface area contributed by atoms with Crippen LogP contribution < -0.4 is 5.32 Å². The number of rotatable bonds is 2. The number of hydrogen-bond acceptors (Lipinski definition) is 2. The lowest BCUT2D eigenvalue weighted by molar-refractivity contribution is 0.158. The Morgan fingerprint density at radius 2 is 2.05 bits per heavy atom. The van der Waals surface area contributed by atoms with Crippen molar-refractivity contribution in [3.05, 3.63) is 29.0 Å². The molecule has 0 aromatic heterocycles. The first kappa shape index (κ1) is 14.9. The van der Waals surface area contributed by atoms with Crippen molar-refractivity contribution in [3.63, 3.8) is 0 Å². The molecule has 20 heavy (non-hydrogen) atoms. The summed E-state index contributed by atoms with van der Waals surface area (Å²) in [5, 5.41) is 3.29. The molecule has 1 aliphatic heterocycles. The number of halogens is 2. The first-order chi connectivity index (χ1) is 9.49. The molecule has 110 valence electrons. The van der Waals surface area contributed by atoms with Gasteiger partial charge in [-0.15, -0.1) is 0 Å². The fourth-order valence-electron chi connectivity index (χ4n) is 2.33. The second-order valence-corrected chi connectivity index (χ2v) is 5.59. The third-order valence-corrected chi connectivity index (χ3v) is 3.75. The van der Waals surface area contributed by atoms with Crippen molar-refractivity contribution in [3.8, 4) is 0 Å². The molecule has 0 atom stereocenters. The van der Waals surface area contributed by atoms with E-state index in [4.69, 9.17) is 11.6 Å². The topological polar surface area (TPSA) is 35.6 Å². The summed E-state index contributed by atoms with van der Waals surface area (Å²) in [5.74, 6) is -0.416. The molecule has 1 aliphatic rings. The number of nitrogens with zero attached hydrogens (tertiary/aromatic N) is 2. The predicted molar refractivity (Wildman–Crippen MR) is 78.7 cm³/mol. The first-order valence-corrected chi connectivity index (χ1v) is 7.03. The van der Waals surface area contributed by atoms with Gasteiger partial charge in [-0.05, 0) is 25.0 Å². The minimum Gasteiger partial charge on any atom is -0.380 e. The Hall–Kier alpha value is -1.49. The maximum absolute atomic E-state index is 13.8. The van der Waals surface area contributed by atoms with Gasteiger partial charge in [-0.3, -0.25) is 0 Å². The van der Waals surface area contributed by atoms with E-state index < -0.39 is 5.82 Å². The van der Waals surface area contributed by atoms with Crippen molar-refractivity contribution < 1.29 is 9.18 Å². The number of carbonyl (C=O) groups is 1. The van der Waals surface area contributed by atoms with Crippen molar-refractivity contribution in [2.24, 2.45) is 0 Å². The van der Waals surface area contributed by atoms with Crippen LogP contribution in [0.25, 0.3) is 0 Å². The lowest BCUT2D eigenvalue weighted by Crippen LogP contribution is -2.46. The highest BCUT2D eigenvalue weighted by atomic mass is 35.5.